The first-order chi connectivity index (χ1) is 25.8. The number of hydrogen-bond donors (Lipinski definition) is 5. The second kappa shape index (κ2) is 22.1. The lowest BCUT2D eigenvalue weighted by atomic mass is 10.1. The van der Waals surface area contributed by atoms with Crippen LogP contribution in [-0.2, 0) is 29.8 Å². The lowest BCUT2D eigenvalue weighted by Crippen LogP contribution is -2.30. The SMILES string of the molecule is CCNc1nc(Cl)nc(NC(C)(C)C)n1.CCOC(=O)COC(=O)c1cc(Oc2ccc(C(F)(F)F)cc2Cl)ccc1[N+](=O)[O-].CP(=O)(O)CCC(N)C(=O)O. The Morgan fingerprint density at radius 2 is 1.66 bits per heavy atom. The lowest BCUT2D eigenvalue weighted by Gasteiger charge is -2.20. The number of benzene rings is 2. The number of aromatic nitrogens is 3. The van der Waals surface area contributed by atoms with Gasteiger partial charge in [-0.2, -0.15) is 28.1 Å². The highest BCUT2D eigenvalue weighted by Gasteiger charge is 2.31. The van der Waals surface area contributed by atoms with E-state index in [9.17, 15) is 42.2 Å². The van der Waals surface area contributed by atoms with Gasteiger partial charge in [0, 0.05) is 37.0 Å². The van der Waals surface area contributed by atoms with Gasteiger partial charge in [-0.1, -0.05) is 11.6 Å². The van der Waals surface area contributed by atoms with Gasteiger partial charge in [0.05, 0.1) is 22.1 Å². The van der Waals surface area contributed by atoms with Gasteiger partial charge in [-0.3, -0.25) is 19.5 Å². The van der Waals surface area contributed by atoms with Crippen LogP contribution in [-0.4, -0.2) is 91.9 Å². The molecule has 0 bridgehead atoms. The molecule has 1 heterocycles. The number of nitro benzene ring substituents is 1. The summed E-state index contributed by atoms with van der Waals surface area (Å²) in [4.78, 5) is 64.8. The maximum Gasteiger partial charge on any atom is 0.416 e. The molecule has 6 N–H and O–H groups in total. The van der Waals surface area contributed by atoms with Crippen LogP contribution < -0.4 is 21.1 Å². The van der Waals surface area contributed by atoms with Crippen molar-refractivity contribution >= 4 is 66.1 Å². The monoisotopic (exact) mass is 857 g/mol. The van der Waals surface area contributed by atoms with Crippen LogP contribution in [0.1, 0.15) is 57.0 Å². The predicted molar refractivity (Wildman–Crippen MR) is 200 cm³/mol. The summed E-state index contributed by atoms with van der Waals surface area (Å²) in [7, 11) is -3.10. The van der Waals surface area contributed by atoms with Gasteiger partial charge in [0.25, 0.3) is 5.69 Å². The fourth-order valence-corrected chi connectivity index (χ4v) is 4.81. The topological polar surface area (TPSA) is 268 Å². The van der Waals surface area contributed by atoms with Crippen molar-refractivity contribution in [2.45, 2.75) is 58.8 Å². The summed E-state index contributed by atoms with van der Waals surface area (Å²) >= 11 is 11.6. The zero-order chi connectivity index (χ0) is 43.0. The number of ether oxygens (including phenoxy) is 3. The number of anilines is 2. The first-order valence-electron chi connectivity index (χ1n) is 16.1. The highest BCUT2D eigenvalue weighted by atomic mass is 35.5. The van der Waals surface area contributed by atoms with E-state index in [4.69, 9.17) is 48.4 Å². The minimum atomic E-state index is -4.61. The van der Waals surface area contributed by atoms with Gasteiger partial charge >= 0.3 is 24.1 Å². The third-order valence-electron chi connectivity index (χ3n) is 6.10. The molecule has 2 atom stereocenters. The van der Waals surface area contributed by atoms with Crippen molar-refractivity contribution in [1.29, 1.82) is 0 Å². The second-order valence-electron chi connectivity index (χ2n) is 12.2. The van der Waals surface area contributed by atoms with E-state index in [1.54, 1.807) is 0 Å². The van der Waals surface area contributed by atoms with Crippen LogP contribution >= 0.6 is 30.6 Å². The summed E-state index contributed by atoms with van der Waals surface area (Å²) in [6, 6.07) is 4.32. The molecular formula is C32H41Cl2F3N7O11P. The fourth-order valence-electron chi connectivity index (χ4n) is 3.67. The number of nitrogens with zero attached hydrogens (tertiary/aromatic N) is 4. The van der Waals surface area contributed by atoms with Crippen molar-refractivity contribution in [2.75, 3.05) is 43.2 Å². The molecule has 3 rings (SSSR count). The zero-order valence-electron chi connectivity index (χ0n) is 30.8. The highest BCUT2D eigenvalue weighted by Crippen LogP contribution is 2.37. The average Bonchev–Trinajstić information content (AvgIpc) is 3.06. The third-order valence-corrected chi connectivity index (χ3v) is 7.65. The molecule has 2 unspecified atom stereocenters. The number of nitrogens with one attached hydrogen (secondary N) is 2. The second-order valence-corrected chi connectivity index (χ2v) is 15.5. The molecule has 24 heteroatoms. The molecule has 0 amide bonds. The van der Waals surface area contributed by atoms with Crippen LogP contribution in [0.15, 0.2) is 36.4 Å². The van der Waals surface area contributed by atoms with E-state index in [0.29, 0.717) is 18.0 Å². The first-order valence-corrected chi connectivity index (χ1v) is 19.2. The molecule has 0 aliphatic rings. The highest BCUT2D eigenvalue weighted by molar-refractivity contribution is 7.57. The van der Waals surface area contributed by atoms with Crippen LogP contribution in [0.4, 0.5) is 30.8 Å². The quantitative estimate of drug-likeness (QED) is 0.0492. The van der Waals surface area contributed by atoms with E-state index < -0.39 is 65.8 Å². The molecule has 0 fully saturated rings. The normalized spacial score (nSPS) is 12.6. The molecule has 0 saturated carbocycles. The number of alkyl halides is 3. The van der Waals surface area contributed by atoms with Crippen molar-refractivity contribution in [3.8, 4) is 11.5 Å². The molecule has 0 spiro atoms. The van der Waals surface area contributed by atoms with Crippen LogP contribution in [0.2, 0.25) is 10.3 Å². The number of aliphatic carboxylic acids is 1. The maximum absolute atomic E-state index is 12.7. The summed E-state index contributed by atoms with van der Waals surface area (Å²) in [5.74, 6) is -2.52. The minimum absolute atomic E-state index is 0.0412. The van der Waals surface area contributed by atoms with Crippen molar-refractivity contribution in [1.82, 2.24) is 15.0 Å². The Kier molecular flexibility index (Phi) is 19.4. The number of carbonyl (C=O) groups excluding carboxylic acids is 2. The molecule has 310 valence electrons. The van der Waals surface area contributed by atoms with Gasteiger partial charge in [0.2, 0.25) is 17.2 Å². The molecular weight excluding hydrogens is 817 g/mol. The van der Waals surface area contributed by atoms with Gasteiger partial charge in [-0.05, 0) is 76.9 Å². The Hall–Kier alpha value is -4.82. The number of nitrogens with two attached hydrogens (primary N) is 1. The molecule has 3 aromatic rings. The zero-order valence-corrected chi connectivity index (χ0v) is 33.3. The van der Waals surface area contributed by atoms with Crippen LogP contribution in [0.25, 0.3) is 0 Å². The Morgan fingerprint density at radius 1 is 1.04 bits per heavy atom. The van der Waals surface area contributed by atoms with E-state index in [0.717, 1.165) is 36.9 Å². The van der Waals surface area contributed by atoms with Crippen LogP contribution in [0, 0.1) is 10.1 Å². The Bertz CT molecular complexity index is 1880. The van der Waals surface area contributed by atoms with Crippen molar-refractivity contribution < 1.29 is 61.3 Å². The van der Waals surface area contributed by atoms with Crippen LogP contribution in [0.3, 0.4) is 0 Å². The van der Waals surface area contributed by atoms with E-state index in [-0.39, 0.29) is 46.5 Å². The number of rotatable bonds is 14. The minimum Gasteiger partial charge on any atom is -0.480 e. The Morgan fingerprint density at radius 3 is 2.16 bits per heavy atom. The Labute approximate surface area is 328 Å². The molecule has 0 aliphatic carbocycles. The summed E-state index contributed by atoms with van der Waals surface area (Å²) < 4.78 is 63.4. The number of esters is 2. The molecule has 1 aromatic heterocycles. The van der Waals surface area contributed by atoms with Crippen molar-refractivity contribution in [3.63, 3.8) is 0 Å². The fraction of sp³-hybridized carbons (Fsp3) is 0.438. The lowest BCUT2D eigenvalue weighted by molar-refractivity contribution is -0.385. The number of carboxylic acids is 1. The smallest absolute Gasteiger partial charge is 0.416 e. The van der Waals surface area contributed by atoms with Gasteiger partial charge < -0.3 is 40.6 Å². The van der Waals surface area contributed by atoms with E-state index in [1.807, 2.05) is 27.7 Å². The third kappa shape index (κ3) is 19.2. The Balaban J connectivity index is 0.000000499. The summed E-state index contributed by atoms with van der Waals surface area (Å²) in [6.07, 6.45) is -4.61. The summed E-state index contributed by atoms with van der Waals surface area (Å²) in [6.45, 7) is 10.8. The largest absolute Gasteiger partial charge is 0.480 e. The van der Waals surface area contributed by atoms with Gasteiger partial charge in [0.15, 0.2) is 14.0 Å². The molecule has 2 aromatic carbocycles. The average molecular weight is 859 g/mol. The predicted octanol–water partition coefficient (Wildman–Crippen LogP) is 6.64. The van der Waals surface area contributed by atoms with E-state index in [2.05, 4.69) is 30.3 Å². The molecule has 0 radical (unpaired) electrons. The first kappa shape index (κ1) is 49.2. The summed E-state index contributed by atoms with van der Waals surface area (Å²) in [5.41, 5.74) is 2.83. The van der Waals surface area contributed by atoms with E-state index >= 15 is 0 Å². The molecule has 18 nitrogen and oxygen atoms in total. The molecule has 0 saturated heterocycles. The number of hydrogen-bond acceptors (Lipinski definition) is 15. The van der Waals surface area contributed by atoms with Gasteiger partial charge in [-0.15, -0.1) is 0 Å². The number of carboxylic acid groups (broad SMARTS) is 1. The summed E-state index contributed by atoms with van der Waals surface area (Å²) in [5, 5.41) is 25.4. The van der Waals surface area contributed by atoms with Gasteiger partial charge in [0.1, 0.15) is 23.1 Å². The standard InChI is InChI=1S/C18H13ClF3NO7.C9H16ClN5.C5H12NO4P/c1-2-28-16(24)9-29-17(25)12-8-11(4-5-14(12)23(26)27)30-15-6-3-10(7-13(15)19)18(20,21)22;1-5-11-7-12-6(10)13-8(14-7)15-9(2,3)4;1-11(9,10)3-2-4(6)5(7)8/h3-8H,2,9H2,1H3;5H2,1-4H3,(H2,11,12,13,14,15);4H,2-3,6H2,1H3,(H,7,8)(H,9,10). The number of carbonyl (C=O) groups is 3. The van der Waals surface area contributed by atoms with Gasteiger partial charge in [-0.25, -0.2) is 9.59 Å². The molecule has 56 heavy (non-hydrogen) atoms. The molecule has 0 aliphatic heterocycles. The number of nitro groups is 1. The number of halogens is 5. The van der Waals surface area contributed by atoms with Crippen molar-refractivity contribution in [3.05, 3.63) is 67.9 Å². The van der Waals surface area contributed by atoms with Crippen molar-refractivity contribution in [2.24, 2.45) is 5.73 Å². The maximum atomic E-state index is 12.7. The van der Waals surface area contributed by atoms with Crippen LogP contribution in [0.5, 0.6) is 11.5 Å². The van der Waals surface area contributed by atoms with E-state index in [1.165, 1.54) is 13.6 Å².